The summed E-state index contributed by atoms with van der Waals surface area (Å²) in [5.41, 5.74) is 2.05. The van der Waals surface area contributed by atoms with Crippen molar-refractivity contribution in [1.29, 1.82) is 0 Å². The number of hydrogen-bond donors (Lipinski definition) is 0. The van der Waals surface area contributed by atoms with Crippen molar-refractivity contribution in [3.8, 4) is 17.1 Å². The summed E-state index contributed by atoms with van der Waals surface area (Å²) in [6.07, 6.45) is 1.39. The van der Waals surface area contributed by atoms with Crippen molar-refractivity contribution in [1.82, 2.24) is 15.0 Å². The average molecular weight is 420 g/mol. The molecule has 0 saturated carbocycles. The number of aromatic nitrogens is 2. The Kier molecular flexibility index (Phi) is 5.97. The van der Waals surface area contributed by atoms with Crippen molar-refractivity contribution in [3.63, 3.8) is 0 Å². The van der Waals surface area contributed by atoms with Gasteiger partial charge in [0.15, 0.2) is 0 Å². The minimum Gasteiger partial charge on any atom is -0.494 e. The van der Waals surface area contributed by atoms with Crippen molar-refractivity contribution < 1.29 is 18.8 Å². The van der Waals surface area contributed by atoms with Crippen LogP contribution in [0.5, 0.6) is 5.75 Å². The maximum Gasteiger partial charge on any atom is 0.254 e. The zero-order valence-electron chi connectivity index (χ0n) is 17.6. The van der Waals surface area contributed by atoms with E-state index in [-0.39, 0.29) is 18.4 Å². The first kappa shape index (κ1) is 20.6. The first-order valence-electron chi connectivity index (χ1n) is 10.3. The first-order valence-corrected chi connectivity index (χ1v) is 10.3. The van der Waals surface area contributed by atoms with Crippen LogP contribution in [0.15, 0.2) is 53.1 Å². The van der Waals surface area contributed by atoms with Gasteiger partial charge in [-0.05, 0) is 55.8 Å². The van der Waals surface area contributed by atoms with Crippen molar-refractivity contribution in [3.05, 3.63) is 60.0 Å². The molecule has 1 aliphatic rings. The van der Waals surface area contributed by atoms with Crippen LogP contribution < -0.4 is 9.64 Å². The number of ether oxygens (including phenoxy) is 1. The topological polar surface area (TPSA) is 88.8 Å². The van der Waals surface area contributed by atoms with Crippen LogP contribution in [0.4, 0.5) is 5.69 Å². The zero-order valence-corrected chi connectivity index (χ0v) is 17.6. The fraction of sp³-hybridized carbons (Fsp3) is 0.304. The second kappa shape index (κ2) is 8.99. The smallest absolute Gasteiger partial charge is 0.254 e. The number of anilines is 1. The van der Waals surface area contributed by atoms with Crippen molar-refractivity contribution >= 4 is 17.5 Å². The molecular weight excluding hydrogens is 396 g/mol. The summed E-state index contributed by atoms with van der Waals surface area (Å²) < 4.78 is 10.8. The van der Waals surface area contributed by atoms with Gasteiger partial charge in [-0.1, -0.05) is 11.2 Å². The minimum atomic E-state index is -0.186. The quantitative estimate of drug-likeness (QED) is 0.581. The van der Waals surface area contributed by atoms with Gasteiger partial charge in [0.1, 0.15) is 5.75 Å². The Bertz CT molecular complexity index is 1080. The molecule has 2 amide bonds. The van der Waals surface area contributed by atoms with E-state index in [2.05, 4.69) is 10.1 Å². The van der Waals surface area contributed by atoms with Crippen molar-refractivity contribution in [2.45, 2.75) is 26.3 Å². The number of hydrogen-bond acceptors (Lipinski definition) is 6. The lowest BCUT2D eigenvalue weighted by molar-refractivity contribution is -0.117. The second-order valence-electron chi connectivity index (χ2n) is 7.33. The molecule has 8 nitrogen and oxygen atoms in total. The number of nitrogens with zero attached hydrogens (tertiary/aromatic N) is 4. The molecule has 160 valence electrons. The molecule has 0 unspecified atom stereocenters. The van der Waals surface area contributed by atoms with Crippen LogP contribution in [0.3, 0.4) is 0 Å². The normalized spacial score (nSPS) is 13.5. The molecule has 0 radical (unpaired) electrons. The summed E-state index contributed by atoms with van der Waals surface area (Å²) in [4.78, 5) is 32.5. The molecule has 2 aromatic carbocycles. The molecule has 0 bridgehead atoms. The molecular formula is C23H24N4O4. The van der Waals surface area contributed by atoms with Crippen LogP contribution >= 0.6 is 0 Å². The number of carbonyl (C=O) groups excluding carboxylic acids is 2. The first-order chi connectivity index (χ1) is 15.0. The predicted octanol–water partition coefficient (Wildman–Crippen LogP) is 3.53. The van der Waals surface area contributed by atoms with Gasteiger partial charge < -0.3 is 19.1 Å². The Morgan fingerprint density at radius 2 is 2.03 bits per heavy atom. The molecule has 4 rings (SSSR count). The molecule has 1 aliphatic heterocycles. The number of amides is 2. The maximum absolute atomic E-state index is 12.9. The third kappa shape index (κ3) is 4.58. The Balaban J connectivity index is 1.43. The van der Waals surface area contributed by atoms with Gasteiger partial charge in [-0.25, -0.2) is 0 Å². The van der Waals surface area contributed by atoms with Gasteiger partial charge in [0.05, 0.1) is 13.2 Å². The van der Waals surface area contributed by atoms with E-state index in [1.807, 2.05) is 37.3 Å². The molecule has 0 N–H and O–H groups in total. The van der Waals surface area contributed by atoms with E-state index >= 15 is 0 Å². The largest absolute Gasteiger partial charge is 0.494 e. The van der Waals surface area contributed by atoms with Gasteiger partial charge in [0.2, 0.25) is 17.6 Å². The molecule has 2 heterocycles. The lowest BCUT2D eigenvalue weighted by Gasteiger charge is -2.18. The third-order valence-corrected chi connectivity index (χ3v) is 5.09. The highest BCUT2D eigenvalue weighted by atomic mass is 16.5. The Morgan fingerprint density at radius 1 is 1.23 bits per heavy atom. The highest BCUT2D eigenvalue weighted by Crippen LogP contribution is 2.23. The highest BCUT2D eigenvalue weighted by Gasteiger charge is 2.23. The van der Waals surface area contributed by atoms with Gasteiger partial charge >= 0.3 is 0 Å². The number of rotatable bonds is 7. The summed E-state index contributed by atoms with van der Waals surface area (Å²) in [5.74, 6) is 1.47. The molecule has 0 atom stereocenters. The zero-order chi connectivity index (χ0) is 21.8. The molecule has 1 aromatic heterocycles. The Morgan fingerprint density at radius 3 is 2.74 bits per heavy atom. The SMILES string of the molecule is CCOc1ccc(-c2noc(CN(C)C(=O)c3cccc(N4CCCC4=O)c3)n2)cc1. The standard InChI is InChI=1S/C23H24N4O4/c1-3-30-19-11-9-16(10-12-19)22-24-20(31-25-22)15-26(2)23(29)17-6-4-7-18(14-17)27-13-5-8-21(27)28/h4,6-7,9-12,14H,3,5,8,13,15H2,1-2H3. The Hall–Kier alpha value is -3.68. The summed E-state index contributed by atoms with van der Waals surface area (Å²) >= 11 is 0. The minimum absolute atomic E-state index is 0.0885. The third-order valence-electron chi connectivity index (χ3n) is 5.09. The Labute approximate surface area is 180 Å². The molecule has 8 heteroatoms. The molecule has 31 heavy (non-hydrogen) atoms. The number of carbonyl (C=O) groups is 2. The van der Waals surface area contributed by atoms with Crippen molar-refractivity contribution in [2.75, 3.05) is 25.1 Å². The van der Waals surface area contributed by atoms with E-state index in [1.165, 1.54) is 4.90 Å². The molecule has 0 aliphatic carbocycles. The molecule has 1 saturated heterocycles. The van der Waals surface area contributed by atoms with Gasteiger partial charge in [0, 0.05) is 36.8 Å². The van der Waals surface area contributed by atoms with Crippen LogP contribution in [-0.4, -0.2) is 47.1 Å². The summed E-state index contributed by atoms with van der Waals surface area (Å²) in [6.45, 7) is 3.39. The lowest BCUT2D eigenvalue weighted by atomic mass is 10.1. The van der Waals surface area contributed by atoms with Gasteiger partial charge in [-0.2, -0.15) is 4.98 Å². The summed E-state index contributed by atoms with van der Waals surface area (Å²) in [5, 5.41) is 4.01. The van der Waals surface area contributed by atoms with Crippen LogP contribution in [-0.2, 0) is 11.3 Å². The highest BCUT2D eigenvalue weighted by molar-refractivity contribution is 5.98. The van der Waals surface area contributed by atoms with E-state index in [9.17, 15) is 9.59 Å². The van der Waals surface area contributed by atoms with E-state index in [0.717, 1.165) is 23.4 Å². The molecule has 1 fully saturated rings. The van der Waals surface area contributed by atoms with Crippen LogP contribution in [0.1, 0.15) is 36.0 Å². The van der Waals surface area contributed by atoms with E-state index < -0.39 is 0 Å². The van der Waals surface area contributed by atoms with Crippen LogP contribution in [0.25, 0.3) is 11.4 Å². The van der Waals surface area contributed by atoms with Crippen molar-refractivity contribution in [2.24, 2.45) is 0 Å². The fourth-order valence-electron chi connectivity index (χ4n) is 3.53. The second-order valence-corrected chi connectivity index (χ2v) is 7.33. The van der Waals surface area contributed by atoms with Gasteiger partial charge in [0.25, 0.3) is 5.91 Å². The van der Waals surface area contributed by atoms with Crippen LogP contribution in [0, 0.1) is 0 Å². The summed E-state index contributed by atoms with van der Waals surface area (Å²) in [6, 6.07) is 14.5. The van der Waals surface area contributed by atoms with E-state index in [4.69, 9.17) is 9.26 Å². The average Bonchev–Trinajstić information content (AvgIpc) is 3.43. The van der Waals surface area contributed by atoms with Gasteiger partial charge in [-0.15, -0.1) is 0 Å². The number of benzene rings is 2. The van der Waals surface area contributed by atoms with Crippen LogP contribution in [0.2, 0.25) is 0 Å². The summed E-state index contributed by atoms with van der Waals surface area (Å²) in [7, 11) is 1.68. The lowest BCUT2D eigenvalue weighted by Crippen LogP contribution is -2.27. The maximum atomic E-state index is 12.9. The fourth-order valence-corrected chi connectivity index (χ4v) is 3.53. The molecule has 0 spiro atoms. The monoisotopic (exact) mass is 420 g/mol. The molecule has 3 aromatic rings. The van der Waals surface area contributed by atoms with Gasteiger partial charge in [-0.3, -0.25) is 9.59 Å². The van der Waals surface area contributed by atoms with E-state index in [1.54, 1.807) is 30.1 Å². The predicted molar refractivity (Wildman–Crippen MR) is 115 cm³/mol. The van der Waals surface area contributed by atoms with E-state index in [0.29, 0.717) is 36.9 Å².